The van der Waals surface area contributed by atoms with Crippen molar-refractivity contribution in [2.24, 2.45) is 5.73 Å². The molecule has 19 heavy (non-hydrogen) atoms. The van der Waals surface area contributed by atoms with Gasteiger partial charge in [-0.2, -0.15) is 0 Å². The van der Waals surface area contributed by atoms with Crippen LogP contribution in [-0.2, 0) is 13.0 Å². The second-order valence-electron chi connectivity index (χ2n) is 4.29. The van der Waals surface area contributed by atoms with Gasteiger partial charge in [-0.3, -0.25) is 0 Å². The first-order valence-corrected chi connectivity index (χ1v) is 7.47. The first-order valence-electron chi connectivity index (χ1n) is 6.18. The molecule has 3 nitrogen and oxygen atoms in total. The molecule has 0 radical (unpaired) electrons. The van der Waals surface area contributed by atoms with E-state index in [1.807, 2.05) is 19.1 Å². The number of nitrogens with zero attached hydrogens (tertiary/aromatic N) is 1. The first kappa shape index (κ1) is 14.0. The zero-order valence-corrected chi connectivity index (χ0v) is 12.7. The van der Waals surface area contributed by atoms with E-state index in [1.165, 1.54) is 10.4 Å². The summed E-state index contributed by atoms with van der Waals surface area (Å²) in [5.41, 5.74) is 8.85. The predicted molar refractivity (Wildman–Crippen MR) is 85.9 cm³/mol. The van der Waals surface area contributed by atoms with Gasteiger partial charge in [0.15, 0.2) is 0 Å². The summed E-state index contributed by atoms with van der Waals surface area (Å²) in [5.74, 6) is 0.767. The summed E-state index contributed by atoms with van der Waals surface area (Å²) in [6.07, 6.45) is 1.05. The van der Waals surface area contributed by atoms with Crippen molar-refractivity contribution in [1.29, 1.82) is 0 Å². The molecule has 5 heteroatoms. The normalized spacial score (nSPS) is 10.4. The van der Waals surface area contributed by atoms with Crippen LogP contribution in [0.1, 0.15) is 28.6 Å². The Labute approximate surface area is 122 Å². The number of nitrogens with one attached hydrogen (secondary N) is 1. The molecular formula is C14H17N3S2. The highest BCUT2D eigenvalue weighted by Gasteiger charge is 2.08. The van der Waals surface area contributed by atoms with Crippen LogP contribution >= 0.6 is 23.6 Å². The fourth-order valence-electron chi connectivity index (χ4n) is 1.89. The summed E-state index contributed by atoms with van der Waals surface area (Å²) in [6.45, 7) is 4.88. The molecule has 100 valence electrons. The number of hydrogen-bond donors (Lipinski definition) is 2. The highest BCUT2D eigenvalue weighted by Crippen LogP contribution is 2.20. The Kier molecular flexibility index (Phi) is 4.50. The number of hydrogen-bond acceptors (Lipinski definition) is 4. The van der Waals surface area contributed by atoms with Crippen molar-refractivity contribution in [3.8, 4) is 0 Å². The molecule has 0 aromatic carbocycles. The summed E-state index contributed by atoms with van der Waals surface area (Å²) in [7, 11) is 0. The van der Waals surface area contributed by atoms with Crippen molar-refractivity contribution in [3.05, 3.63) is 45.3 Å². The maximum Gasteiger partial charge on any atom is 0.136 e. The van der Waals surface area contributed by atoms with Crippen LogP contribution in [0, 0.1) is 6.92 Å². The van der Waals surface area contributed by atoms with Crippen LogP contribution in [0.25, 0.3) is 0 Å². The van der Waals surface area contributed by atoms with E-state index in [2.05, 4.69) is 28.7 Å². The lowest BCUT2D eigenvalue weighted by Gasteiger charge is -2.11. The zero-order chi connectivity index (χ0) is 13.8. The van der Waals surface area contributed by atoms with Crippen molar-refractivity contribution < 1.29 is 0 Å². The molecule has 0 saturated heterocycles. The van der Waals surface area contributed by atoms with E-state index in [0.717, 1.165) is 30.0 Å². The smallest absolute Gasteiger partial charge is 0.136 e. The Balaban J connectivity index is 2.19. The lowest BCUT2D eigenvalue weighted by atomic mass is 10.2. The highest BCUT2D eigenvalue weighted by molar-refractivity contribution is 7.80. The van der Waals surface area contributed by atoms with E-state index in [0.29, 0.717) is 4.99 Å². The summed E-state index contributed by atoms with van der Waals surface area (Å²) in [4.78, 5) is 6.18. The molecule has 0 bridgehead atoms. The van der Waals surface area contributed by atoms with Gasteiger partial charge in [-0.1, -0.05) is 19.1 Å². The van der Waals surface area contributed by atoms with E-state index in [1.54, 1.807) is 11.3 Å². The summed E-state index contributed by atoms with van der Waals surface area (Å²) in [5, 5.41) is 5.46. The molecule has 0 atom stereocenters. The van der Waals surface area contributed by atoms with Crippen molar-refractivity contribution in [2.75, 3.05) is 5.32 Å². The predicted octanol–water partition coefficient (Wildman–Crippen LogP) is 3.26. The molecule has 0 amide bonds. The topological polar surface area (TPSA) is 50.9 Å². The lowest BCUT2D eigenvalue weighted by molar-refractivity contribution is 1.06. The van der Waals surface area contributed by atoms with Crippen molar-refractivity contribution in [1.82, 2.24) is 4.98 Å². The van der Waals surface area contributed by atoms with E-state index in [-0.39, 0.29) is 0 Å². The molecule has 2 aromatic heterocycles. The third kappa shape index (κ3) is 3.30. The third-order valence-electron chi connectivity index (χ3n) is 2.93. The summed E-state index contributed by atoms with van der Waals surface area (Å²) < 4.78 is 0. The number of pyridine rings is 1. The third-order valence-corrected chi connectivity index (χ3v) is 4.12. The molecular weight excluding hydrogens is 274 g/mol. The molecule has 0 fully saturated rings. The number of rotatable bonds is 5. The minimum absolute atomic E-state index is 0.372. The zero-order valence-electron chi connectivity index (χ0n) is 11.1. The monoisotopic (exact) mass is 291 g/mol. The van der Waals surface area contributed by atoms with Gasteiger partial charge in [0.1, 0.15) is 10.8 Å². The highest BCUT2D eigenvalue weighted by atomic mass is 32.1. The van der Waals surface area contributed by atoms with E-state index in [4.69, 9.17) is 18.0 Å². The molecule has 0 spiro atoms. The quantitative estimate of drug-likeness (QED) is 0.830. The van der Waals surface area contributed by atoms with E-state index >= 15 is 0 Å². The average molecular weight is 291 g/mol. The lowest BCUT2D eigenvalue weighted by Crippen LogP contribution is -2.14. The maximum absolute atomic E-state index is 5.72. The number of aromatic nitrogens is 1. The second-order valence-corrected chi connectivity index (χ2v) is 5.73. The van der Waals surface area contributed by atoms with Crippen LogP contribution in [0.15, 0.2) is 23.6 Å². The van der Waals surface area contributed by atoms with Crippen LogP contribution in [0.2, 0.25) is 0 Å². The van der Waals surface area contributed by atoms with Gasteiger partial charge in [0.05, 0.1) is 12.1 Å². The Hall–Kier alpha value is -1.46. The Bertz CT molecular complexity index is 590. The van der Waals surface area contributed by atoms with Gasteiger partial charge in [0.2, 0.25) is 0 Å². The summed E-state index contributed by atoms with van der Waals surface area (Å²) >= 11 is 6.81. The van der Waals surface area contributed by atoms with Gasteiger partial charge in [-0.25, -0.2) is 4.98 Å². The SMILES string of the molecule is CCc1ccsc1CNc1nc(C)ccc1C(N)=S. The first-order chi connectivity index (χ1) is 9.11. The van der Waals surface area contributed by atoms with Crippen LogP contribution < -0.4 is 11.1 Å². The van der Waals surface area contributed by atoms with Crippen LogP contribution in [0.5, 0.6) is 0 Å². The number of nitrogens with two attached hydrogens (primary N) is 1. The Morgan fingerprint density at radius 2 is 2.21 bits per heavy atom. The largest absolute Gasteiger partial charge is 0.389 e. The summed E-state index contributed by atoms with van der Waals surface area (Å²) in [6, 6.07) is 6.00. The average Bonchev–Trinajstić information content (AvgIpc) is 2.83. The van der Waals surface area contributed by atoms with Gasteiger partial charge in [-0.15, -0.1) is 11.3 Å². The van der Waals surface area contributed by atoms with Crippen molar-refractivity contribution in [2.45, 2.75) is 26.8 Å². The van der Waals surface area contributed by atoms with Crippen molar-refractivity contribution >= 4 is 34.4 Å². The minimum atomic E-state index is 0.372. The van der Waals surface area contributed by atoms with Gasteiger partial charge >= 0.3 is 0 Å². The van der Waals surface area contributed by atoms with Gasteiger partial charge < -0.3 is 11.1 Å². The fourth-order valence-corrected chi connectivity index (χ4v) is 2.97. The molecule has 2 rings (SSSR count). The number of thiocarbonyl (C=S) groups is 1. The molecule has 0 saturated carbocycles. The number of thiophene rings is 1. The fraction of sp³-hybridized carbons (Fsp3) is 0.286. The van der Waals surface area contributed by atoms with Gasteiger partial charge in [0.25, 0.3) is 0 Å². The van der Waals surface area contributed by atoms with Gasteiger partial charge in [-0.05, 0) is 42.5 Å². The van der Waals surface area contributed by atoms with E-state index < -0.39 is 0 Å². The molecule has 2 aromatic rings. The standard InChI is InChI=1S/C14H17N3S2/c1-3-10-6-7-19-12(10)8-16-14-11(13(15)18)5-4-9(2)17-14/h4-7H,3,8H2,1-2H3,(H2,15,18)(H,16,17). The van der Waals surface area contributed by atoms with E-state index in [9.17, 15) is 0 Å². The van der Waals surface area contributed by atoms with Crippen LogP contribution in [0.3, 0.4) is 0 Å². The second kappa shape index (κ2) is 6.12. The Morgan fingerprint density at radius 1 is 1.42 bits per heavy atom. The molecule has 0 aliphatic carbocycles. The molecule has 2 heterocycles. The van der Waals surface area contributed by atoms with Crippen molar-refractivity contribution in [3.63, 3.8) is 0 Å². The molecule has 0 aliphatic rings. The molecule has 0 aliphatic heterocycles. The molecule has 3 N–H and O–H groups in total. The Morgan fingerprint density at radius 3 is 2.89 bits per heavy atom. The van der Waals surface area contributed by atoms with Crippen LogP contribution in [-0.4, -0.2) is 9.97 Å². The number of anilines is 1. The van der Waals surface area contributed by atoms with Crippen LogP contribution in [0.4, 0.5) is 5.82 Å². The van der Waals surface area contributed by atoms with Gasteiger partial charge in [0, 0.05) is 10.6 Å². The minimum Gasteiger partial charge on any atom is -0.389 e. The molecule has 0 unspecified atom stereocenters. The number of aryl methyl sites for hydroxylation is 2. The maximum atomic E-state index is 5.72.